The summed E-state index contributed by atoms with van der Waals surface area (Å²) in [4.78, 5) is 80.7. The van der Waals surface area contributed by atoms with E-state index in [4.69, 9.17) is 14.2 Å². The first-order valence-electron chi connectivity index (χ1n) is 15.9. The molecule has 1 aromatic heterocycles. The van der Waals surface area contributed by atoms with Crippen molar-refractivity contribution in [3.63, 3.8) is 0 Å². The number of benzene rings is 1. The highest BCUT2D eigenvalue weighted by atomic mass is 19.1. The summed E-state index contributed by atoms with van der Waals surface area (Å²) in [6, 6.07) is 4.01. The van der Waals surface area contributed by atoms with E-state index < -0.39 is 72.3 Å². The molecule has 0 aliphatic carbocycles. The van der Waals surface area contributed by atoms with Crippen LogP contribution in [-0.4, -0.2) is 129 Å². The van der Waals surface area contributed by atoms with Crippen molar-refractivity contribution in [1.29, 1.82) is 0 Å². The second-order valence-electron chi connectivity index (χ2n) is 12.5. The minimum Gasteiger partial charge on any atom is -0.480 e. The third-order valence-electron chi connectivity index (χ3n) is 7.68. The van der Waals surface area contributed by atoms with E-state index >= 15 is 0 Å². The number of carboxylic acids is 1. The highest BCUT2D eigenvalue weighted by Gasteiger charge is 2.36. The number of ether oxygens (including phenoxy) is 3. The summed E-state index contributed by atoms with van der Waals surface area (Å²) in [6.07, 6.45) is -0.206. The average Bonchev–Trinajstić information content (AvgIpc) is 3.71. The number of carbonyl (C=O) groups is 6. The summed E-state index contributed by atoms with van der Waals surface area (Å²) in [5, 5.41) is 16.2. The summed E-state index contributed by atoms with van der Waals surface area (Å²) in [5.74, 6) is -4.71. The Morgan fingerprint density at radius 1 is 1.04 bits per heavy atom. The van der Waals surface area contributed by atoms with Crippen LogP contribution in [0, 0.1) is 5.82 Å². The number of esters is 1. The van der Waals surface area contributed by atoms with E-state index in [1.54, 1.807) is 27.7 Å². The fraction of sp³-hybridized carbons (Fsp3) is 0.531. The van der Waals surface area contributed by atoms with E-state index in [1.807, 2.05) is 0 Å². The quantitative estimate of drug-likeness (QED) is 0.326. The van der Waals surface area contributed by atoms with E-state index in [-0.39, 0.29) is 56.6 Å². The predicted octanol–water partition coefficient (Wildman–Crippen LogP) is 1.60. The van der Waals surface area contributed by atoms with Crippen molar-refractivity contribution in [3.05, 3.63) is 41.8 Å². The Labute approximate surface area is 282 Å². The van der Waals surface area contributed by atoms with Gasteiger partial charge >= 0.3 is 18.0 Å². The van der Waals surface area contributed by atoms with Crippen LogP contribution in [0.15, 0.2) is 30.3 Å². The predicted molar refractivity (Wildman–Crippen MR) is 168 cm³/mol. The number of rotatable bonds is 11. The van der Waals surface area contributed by atoms with Gasteiger partial charge in [-0.15, -0.1) is 0 Å². The Kier molecular flexibility index (Phi) is 11.8. The normalized spacial score (nSPS) is 16.9. The molecule has 1 aromatic carbocycles. The van der Waals surface area contributed by atoms with Crippen LogP contribution in [0.3, 0.4) is 0 Å². The number of hydrogen-bond donors (Lipinski definition) is 2. The molecule has 2 atom stereocenters. The number of nitrogens with zero attached hydrogens (tertiary/aromatic N) is 5. The fourth-order valence-electron chi connectivity index (χ4n) is 5.44. The number of nitrogens with one attached hydrogen (secondary N) is 1. The van der Waals surface area contributed by atoms with Crippen molar-refractivity contribution in [2.24, 2.45) is 0 Å². The van der Waals surface area contributed by atoms with E-state index in [9.17, 15) is 38.3 Å². The molecule has 2 aliphatic rings. The monoisotopic (exact) mass is 688 g/mol. The molecule has 0 saturated carbocycles. The molecule has 2 N–H and O–H groups in total. The maximum atomic E-state index is 14.2. The standard InChI is InChI=1S/C32H41FN6O10/c1-5-47-31(46)37-14-12-36(13-15-37)29(43)23(18-27(41)49-32(2,3)4)34-28(42)22-17-26(39(35-22)21-9-6-8-20(33)16-21)48-19-25(40)38-11-7-10-24(38)30(44)45/h6,8-9,16-17,23-24H,5,7,10-15,18-19H2,1-4H3,(H,34,42)(H,44,45). The lowest BCUT2D eigenvalue weighted by Gasteiger charge is -2.35. The summed E-state index contributed by atoms with van der Waals surface area (Å²) < 4.78 is 31.4. The molecule has 2 unspecified atom stereocenters. The van der Waals surface area contributed by atoms with E-state index in [1.165, 1.54) is 39.0 Å². The Hall–Kier alpha value is -5.22. The molecule has 2 aromatic rings. The van der Waals surface area contributed by atoms with Gasteiger partial charge in [-0.05, 0) is 58.7 Å². The number of carbonyl (C=O) groups excluding carboxylic acids is 5. The first-order valence-corrected chi connectivity index (χ1v) is 15.9. The minimum atomic E-state index is -1.38. The fourth-order valence-corrected chi connectivity index (χ4v) is 5.44. The first-order chi connectivity index (χ1) is 23.2. The molecule has 2 saturated heterocycles. The third-order valence-corrected chi connectivity index (χ3v) is 7.68. The van der Waals surface area contributed by atoms with Gasteiger partial charge in [0.25, 0.3) is 11.8 Å². The van der Waals surface area contributed by atoms with Crippen LogP contribution in [-0.2, 0) is 28.7 Å². The van der Waals surface area contributed by atoms with Crippen molar-refractivity contribution >= 4 is 35.8 Å². The van der Waals surface area contributed by atoms with Gasteiger partial charge in [-0.1, -0.05) is 6.07 Å². The molecule has 266 valence electrons. The maximum absolute atomic E-state index is 14.2. The van der Waals surface area contributed by atoms with Crippen LogP contribution in [0.1, 0.15) is 57.4 Å². The topological polar surface area (TPSA) is 190 Å². The lowest BCUT2D eigenvalue weighted by Crippen LogP contribution is -2.56. The van der Waals surface area contributed by atoms with Gasteiger partial charge in [0.05, 0.1) is 18.7 Å². The van der Waals surface area contributed by atoms with Crippen molar-refractivity contribution in [2.45, 2.75) is 64.6 Å². The van der Waals surface area contributed by atoms with E-state index in [0.29, 0.717) is 12.8 Å². The summed E-state index contributed by atoms with van der Waals surface area (Å²) >= 11 is 0. The number of amides is 4. The molecular weight excluding hydrogens is 647 g/mol. The summed E-state index contributed by atoms with van der Waals surface area (Å²) in [5.41, 5.74) is -1.01. The molecule has 16 nitrogen and oxygen atoms in total. The zero-order valence-corrected chi connectivity index (χ0v) is 27.8. The Balaban J connectivity index is 1.56. The van der Waals surface area contributed by atoms with Crippen molar-refractivity contribution in [1.82, 2.24) is 29.8 Å². The smallest absolute Gasteiger partial charge is 0.409 e. The van der Waals surface area contributed by atoms with Crippen molar-refractivity contribution < 1.29 is 52.5 Å². The number of carboxylic acid groups (broad SMARTS) is 1. The first kappa shape index (κ1) is 36.6. The van der Waals surface area contributed by atoms with Gasteiger partial charge in [0.1, 0.15) is 23.5 Å². The lowest BCUT2D eigenvalue weighted by atomic mass is 10.1. The summed E-state index contributed by atoms with van der Waals surface area (Å²) in [7, 11) is 0. The van der Waals surface area contributed by atoms with Crippen LogP contribution in [0.4, 0.5) is 9.18 Å². The summed E-state index contributed by atoms with van der Waals surface area (Å²) in [6.45, 7) is 7.11. The molecule has 2 fully saturated rings. The van der Waals surface area contributed by atoms with Crippen LogP contribution in [0.5, 0.6) is 5.88 Å². The number of piperazine rings is 1. The van der Waals surface area contributed by atoms with Gasteiger partial charge in [-0.25, -0.2) is 18.7 Å². The minimum absolute atomic E-state index is 0.123. The SMILES string of the molecule is CCOC(=O)N1CCN(C(=O)C(CC(=O)OC(C)(C)C)NC(=O)c2cc(OCC(=O)N3CCCC3C(=O)O)n(-c3cccc(F)c3)n2)CC1. The zero-order valence-electron chi connectivity index (χ0n) is 27.8. The largest absolute Gasteiger partial charge is 0.480 e. The Bertz CT molecular complexity index is 1570. The highest BCUT2D eigenvalue weighted by molar-refractivity contribution is 5.97. The zero-order chi connectivity index (χ0) is 35.9. The Morgan fingerprint density at radius 2 is 1.73 bits per heavy atom. The maximum Gasteiger partial charge on any atom is 0.409 e. The molecule has 0 bridgehead atoms. The number of aliphatic carboxylic acids is 1. The van der Waals surface area contributed by atoms with Gasteiger partial charge in [0, 0.05) is 38.8 Å². The number of aromatic nitrogens is 2. The van der Waals surface area contributed by atoms with Crippen LogP contribution in [0.2, 0.25) is 0 Å². The molecule has 4 amide bonds. The molecule has 2 aliphatic heterocycles. The number of hydrogen-bond acceptors (Lipinski definition) is 10. The number of likely N-dealkylation sites (tertiary alicyclic amines) is 1. The molecule has 4 rings (SSSR count). The van der Waals surface area contributed by atoms with Gasteiger partial charge < -0.3 is 39.3 Å². The van der Waals surface area contributed by atoms with Crippen LogP contribution < -0.4 is 10.1 Å². The highest BCUT2D eigenvalue weighted by Crippen LogP contribution is 2.23. The van der Waals surface area contributed by atoms with Gasteiger partial charge in [-0.2, -0.15) is 5.10 Å². The second kappa shape index (κ2) is 15.8. The van der Waals surface area contributed by atoms with Gasteiger partial charge in [-0.3, -0.25) is 19.2 Å². The lowest BCUT2D eigenvalue weighted by molar-refractivity contribution is -0.157. The third kappa shape index (κ3) is 9.67. The van der Waals surface area contributed by atoms with E-state index in [2.05, 4.69) is 10.4 Å². The van der Waals surface area contributed by atoms with Crippen molar-refractivity contribution in [2.75, 3.05) is 45.9 Å². The van der Waals surface area contributed by atoms with Crippen LogP contribution in [0.25, 0.3) is 5.69 Å². The molecule has 49 heavy (non-hydrogen) atoms. The van der Waals surface area contributed by atoms with Gasteiger partial charge in [0.15, 0.2) is 12.3 Å². The Morgan fingerprint density at radius 3 is 2.37 bits per heavy atom. The van der Waals surface area contributed by atoms with E-state index in [0.717, 1.165) is 10.7 Å². The average molecular weight is 689 g/mol. The second-order valence-corrected chi connectivity index (χ2v) is 12.5. The van der Waals surface area contributed by atoms with Crippen molar-refractivity contribution in [3.8, 4) is 11.6 Å². The van der Waals surface area contributed by atoms with Gasteiger partial charge in [0.2, 0.25) is 11.8 Å². The molecule has 17 heteroatoms. The molecule has 0 spiro atoms. The van der Waals surface area contributed by atoms with Crippen LogP contribution >= 0.6 is 0 Å². The molecule has 0 radical (unpaired) electrons. The molecular formula is C32H41FN6O10. The molecule has 3 heterocycles. The number of halogens is 1.